The summed E-state index contributed by atoms with van der Waals surface area (Å²) in [6, 6.07) is 7.60. The van der Waals surface area contributed by atoms with Gasteiger partial charge in [-0.3, -0.25) is 9.88 Å². The van der Waals surface area contributed by atoms with E-state index in [0.717, 1.165) is 41.6 Å². The first-order valence-electron chi connectivity index (χ1n) is 7.79. The summed E-state index contributed by atoms with van der Waals surface area (Å²) in [6.07, 6.45) is 4.52. The molecule has 118 valence electrons. The van der Waals surface area contributed by atoms with Crippen molar-refractivity contribution in [1.82, 2.24) is 9.88 Å². The number of methoxy groups -OCH3 is 1. The van der Waals surface area contributed by atoms with Gasteiger partial charge in [-0.25, -0.2) is 0 Å². The van der Waals surface area contributed by atoms with Gasteiger partial charge in [0.25, 0.3) is 0 Å². The Morgan fingerprint density at radius 2 is 2.27 bits per heavy atom. The van der Waals surface area contributed by atoms with E-state index in [2.05, 4.69) is 9.88 Å². The molecule has 0 spiro atoms. The summed E-state index contributed by atoms with van der Waals surface area (Å²) in [5.74, 6) is 0.767. The van der Waals surface area contributed by atoms with E-state index in [9.17, 15) is 5.11 Å². The van der Waals surface area contributed by atoms with Gasteiger partial charge in [-0.2, -0.15) is 0 Å². The predicted octanol–water partition coefficient (Wildman–Crippen LogP) is 2.05. The summed E-state index contributed by atoms with van der Waals surface area (Å²) in [6.45, 7) is 1.50. The van der Waals surface area contributed by atoms with E-state index in [4.69, 9.17) is 10.5 Å². The third-order valence-electron chi connectivity index (χ3n) is 4.41. The number of fused-ring (bicyclic) bond motifs is 1. The predicted molar refractivity (Wildman–Crippen MR) is 86.7 cm³/mol. The van der Waals surface area contributed by atoms with Crippen LogP contribution in [0.4, 0.5) is 0 Å². The maximum Gasteiger partial charge on any atom is 0.119 e. The third-order valence-corrected chi connectivity index (χ3v) is 4.41. The molecule has 2 heterocycles. The summed E-state index contributed by atoms with van der Waals surface area (Å²) in [4.78, 5) is 6.52. The van der Waals surface area contributed by atoms with Gasteiger partial charge in [0.15, 0.2) is 0 Å². The number of hydrogen-bond donors (Lipinski definition) is 2. The van der Waals surface area contributed by atoms with Crippen LogP contribution in [0.5, 0.6) is 5.75 Å². The Labute approximate surface area is 130 Å². The van der Waals surface area contributed by atoms with Crippen LogP contribution in [0.1, 0.15) is 30.9 Å². The first-order valence-corrected chi connectivity index (χ1v) is 7.79. The molecule has 5 heteroatoms. The number of nitrogens with zero attached hydrogens (tertiary/aromatic N) is 2. The van der Waals surface area contributed by atoms with Crippen molar-refractivity contribution in [2.24, 2.45) is 5.73 Å². The van der Waals surface area contributed by atoms with Crippen molar-refractivity contribution in [2.45, 2.75) is 31.5 Å². The fourth-order valence-corrected chi connectivity index (χ4v) is 3.13. The van der Waals surface area contributed by atoms with Crippen LogP contribution in [0, 0.1) is 0 Å². The molecule has 3 rings (SSSR count). The number of piperidine rings is 1. The highest BCUT2D eigenvalue weighted by atomic mass is 16.5. The second-order valence-corrected chi connectivity index (χ2v) is 5.86. The Morgan fingerprint density at radius 3 is 3.05 bits per heavy atom. The minimum Gasteiger partial charge on any atom is -0.497 e. The number of ether oxygens (including phenoxy) is 1. The highest BCUT2D eigenvalue weighted by molar-refractivity contribution is 5.83. The van der Waals surface area contributed by atoms with Gasteiger partial charge in [0.2, 0.25) is 0 Å². The second kappa shape index (κ2) is 6.60. The lowest BCUT2D eigenvalue weighted by molar-refractivity contribution is 0.0699. The maximum absolute atomic E-state index is 10.7. The van der Waals surface area contributed by atoms with Crippen LogP contribution in [0.2, 0.25) is 0 Å². The van der Waals surface area contributed by atoms with E-state index in [1.165, 1.54) is 6.42 Å². The molecule has 0 aliphatic carbocycles. The van der Waals surface area contributed by atoms with Gasteiger partial charge in [0, 0.05) is 18.1 Å². The van der Waals surface area contributed by atoms with E-state index in [0.29, 0.717) is 6.54 Å². The van der Waals surface area contributed by atoms with Crippen molar-refractivity contribution in [3.63, 3.8) is 0 Å². The van der Waals surface area contributed by atoms with Crippen LogP contribution in [-0.4, -0.2) is 41.4 Å². The molecule has 0 amide bonds. The van der Waals surface area contributed by atoms with Crippen molar-refractivity contribution in [2.75, 3.05) is 20.2 Å². The van der Waals surface area contributed by atoms with Gasteiger partial charge in [0.1, 0.15) is 5.75 Å². The Kier molecular flexibility index (Phi) is 4.57. The molecule has 1 fully saturated rings. The molecule has 5 nitrogen and oxygen atoms in total. The largest absolute Gasteiger partial charge is 0.497 e. The number of benzene rings is 1. The first-order chi connectivity index (χ1) is 10.7. The lowest BCUT2D eigenvalue weighted by Gasteiger charge is -2.34. The van der Waals surface area contributed by atoms with Gasteiger partial charge >= 0.3 is 0 Å². The van der Waals surface area contributed by atoms with E-state index in [-0.39, 0.29) is 6.17 Å². The van der Waals surface area contributed by atoms with E-state index in [1.54, 1.807) is 13.3 Å². The molecule has 2 atom stereocenters. The third kappa shape index (κ3) is 3.06. The summed E-state index contributed by atoms with van der Waals surface area (Å²) in [5, 5.41) is 11.6. The highest BCUT2D eigenvalue weighted by Gasteiger charge is 2.23. The van der Waals surface area contributed by atoms with Crippen LogP contribution in [0.15, 0.2) is 30.5 Å². The summed E-state index contributed by atoms with van der Waals surface area (Å²) < 4.78 is 5.28. The average Bonchev–Trinajstić information content (AvgIpc) is 2.55. The van der Waals surface area contributed by atoms with Crippen LogP contribution < -0.4 is 10.5 Å². The van der Waals surface area contributed by atoms with E-state index < -0.39 is 6.10 Å². The molecule has 3 N–H and O–H groups in total. The van der Waals surface area contributed by atoms with E-state index >= 15 is 0 Å². The highest BCUT2D eigenvalue weighted by Crippen LogP contribution is 2.28. The van der Waals surface area contributed by atoms with Gasteiger partial charge in [-0.05, 0) is 55.6 Å². The molecule has 2 aromatic rings. The lowest BCUT2D eigenvalue weighted by Crippen LogP contribution is -2.47. The van der Waals surface area contributed by atoms with Crippen LogP contribution in [0.25, 0.3) is 10.9 Å². The van der Waals surface area contributed by atoms with Crippen LogP contribution in [0.3, 0.4) is 0 Å². The Bertz CT molecular complexity index is 647. The standard InChI is InChI=1S/C17H23N3O2/c1-22-12-5-6-15-14(10-12)13(7-8-19-15)16(21)11-20-9-3-2-4-17(20)18/h5-8,10,16-17,21H,2-4,9,11,18H2,1H3/t16?,17-/m1/s1. The maximum atomic E-state index is 10.7. The molecule has 0 saturated carbocycles. The molecular formula is C17H23N3O2. The monoisotopic (exact) mass is 301 g/mol. The number of pyridine rings is 1. The molecule has 1 aliphatic heterocycles. The lowest BCUT2D eigenvalue weighted by atomic mass is 10.0. The van der Waals surface area contributed by atoms with Gasteiger partial charge in [-0.15, -0.1) is 0 Å². The zero-order valence-corrected chi connectivity index (χ0v) is 12.9. The van der Waals surface area contributed by atoms with Crippen LogP contribution in [-0.2, 0) is 0 Å². The van der Waals surface area contributed by atoms with Gasteiger partial charge in [-0.1, -0.05) is 0 Å². The average molecular weight is 301 g/mol. The molecule has 22 heavy (non-hydrogen) atoms. The van der Waals surface area contributed by atoms with Crippen molar-refractivity contribution in [3.8, 4) is 5.75 Å². The second-order valence-electron chi connectivity index (χ2n) is 5.86. The Morgan fingerprint density at radius 1 is 1.41 bits per heavy atom. The number of β-amino-alcohol motifs (C(OH)–C–C–N with tert-alkyl or cyclic N) is 1. The molecule has 1 aromatic heterocycles. The van der Waals surface area contributed by atoms with E-state index in [1.807, 2.05) is 24.3 Å². The summed E-state index contributed by atoms with van der Waals surface area (Å²) >= 11 is 0. The number of nitrogens with two attached hydrogens (primary N) is 1. The minimum absolute atomic E-state index is 0.0473. The fourth-order valence-electron chi connectivity index (χ4n) is 3.13. The van der Waals surface area contributed by atoms with Crippen molar-refractivity contribution in [1.29, 1.82) is 0 Å². The molecular weight excluding hydrogens is 278 g/mol. The topological polar surface area (TPSA) is 71.6 Å². The van der Waals surface area contributed by atoms with Crippen molar-refractivity contribution in [3.05, 3.63) is 36.0 Å². The number of aliphatic hydroxyl groups is 1. The normalized spacial score (nSPS) is 21.0. The van der Waals surface area contributed by atoms with Crippen molar-refractivity contribution >= 4 is 10.9 Å². The Hall–Kier alpha value is -1.69. The smallest absolute Gasteiger partial charge is 0.119 e. The number of hydrogen-bond acceptors (Lipinski definition) is 5. The number of aliphatic hydroxyl groups excluding tert-OH is 1. The minimum atomic E-state index is -0.582. The summed E-state index contributed by atoms with van der Waals surface area (Å²) in [5.41, 5.74) is 7.88. The SMILES string of the molecule is COc1ccc2nccc(C(O)CN3CCCC[C@@H]3N)c2c1. The number of aromatic nitrogens is 1. The van der Waals surface area contributed by atoms with Gasteiger partial charge < -0.3 is 15.6 Å². The fraction of sp³-hybridized carbons (Fsp3) is 0.471. The first kappa shape index (κ1) is 15.2. The molecule has 1 saturated heterocycles. The van der Waals surface area contributed by atoms with Gasteiger partial charge in [0.05, 0.1) is 24.9 Å². The molecule has 0 bridgehead atoms. The molecule has 1 aliphatic rings. The summed E-state index contributed by atoms with van der Waals surface area (Å²) in [7, 11) is 1.64. The quantitative estimate of drug-likeness (QED) is 0.904. The Balaban J connectivity index is 1.88. The zero-order valence-electron chi connectivity index (χ0n) is 12.9. The molecule has 0 radical (unpaired) electrons. The van der Waals surface area contributed by atoms with Crippen LogP contribution >= 0.6 is 0 Å². The van der Waals surface area contributed by atoms with Crippen molar-refractivity contribution < 1.29 is 9.84 Å². The zero-order chi connectivity index (χ0) is 15.5. The number of likely N-dealkylation sites (tertiary alicyclic amines) is 1. The molecule has 1 aromatic carbocycles. The molecule has 1 unspecified atom stereocenters. The number of rotatable bonds is 4.